The molecule has 2 aromatic rings. The van der Waals surface area contributed by atoms with Crippen LogP contribution in [0, 0.1) is 21.4 Å². The minimum absolute atomic E-state index is 0.118. The summed E-state index contributed by atoms with van der Waals surface area (Å²) in [4.78, 5) is 24.6. The summed E-state index contributed by atoms with van der Waals surface area (Å²) in [6.45, 7) is 0. The predicted molar refractivity (Wildman–Crippen MR) is 106 cm³/mol. The molecule has 2 aromatic carbocycles. The van der Waals surface area contributed by atoms with Crippen LogP contribution in [-0.2, 0) is 4.79 Å². The molecular weight excluding hydrogens is 362 g/mol. The molecular formula is C19H19N5O4. The molecule has 144 valence electrons. The predicted octanol–water partition coefficient (Wildman–Crippen LogP) is 3.13. The summed E-state index contributed by atoms with van der Waals surface area (Å²) in [7, 11) is 5.18. The van der Waals surface area contributed by atoms with E-state index >= 15 is 0 Å². The lowest BCUT2D eigenvalue weighted by molar-refractivity contribution is -0.384. The molecule has 2 rings (SSSR count). The molecule has 0 aliphatic carbocycles. The van der Waals surface area contributed by atoms with Gasteiger partial charge in [0, 0.05) is 37.7 Å². The van der Waals surface area contributed by atoms with Gasteiger partial charge in [-0.15, -0.1) is 0 Å². The van der Waals surface area contributed by atoms with Gasteiger partial charge in [-0.3, -0.25) is 14.9 Å². The van der Waals surface area contributed by atoms with Crippen molar-refractivity contribution in [1.82, 2.24) is 0 Å². The van der Waals surface area contributed by atoms with Crippen LogP contribution in [0.15, 0.2) is 54.2 Å². The van der Waals surface area contributed by atoms with E-state index in [0.29, 0.717) is 5.69 Å². The standard InChI is InChI=1S/C19H19N5O4/c1-23(2)15-6-4-14(5-7-15)21-12-13(11-20)19(25)22-17-9-8-16(24(26)27)10-18(17)28-3/h4-10,12,21H,1-3H3,(H,22,25)/b13-12-. The molecule has 28 heavy (non-hydrogen) atoms. The Morgan fingerprint density at radius 2 is 1.93 bits per heavy atom. The number of non-ortho nitro benzene ring substituents is 1. The molecule has 9 heteroatoms. The molecule has 0 atom stereocenters. The fourth-order valence-electron chi connectivity index (χ4n) is 2.25. The molecule has 0 aliphatic heterocycles. The van der Waals surface area contributed by atoms with Gasteiger partial charge in [0.05, 0.1) is 23.8 Å². The summed E-state index contributed by atoms with van der Waals surface area (Å²) in [5, 5.41) is 25.5. The summed E-state index contributed by atoms with van der Waals surface area (Å²) in [6, 6.07) is 13.0. The molecule has 9 nitrogen and oxygen atoms in total. The fourth-order valence-corrected chi connectivity index (χ4v) is 2.25. The third kappa shape index (κ3) is 4.98. The zero-order valence-corrected chi connectivity index (χ0v) is 15.6. The quantitative estimate of drug-likeness (QED) is 0.327. The molecule has 0 saturated carbocycles. The molecule has 0 spiro atoms. The van der Waals surface area contributed by atoms with Crippen molar-refractivity contribution in [2.75, 3.05) is 36.7 Å². The Morgan fingerprint density at radius 3 is 2.46 bits per heavy atom. The number of hydrogen-bond donors (Lipinski definition) is 2. The van der Waals surface area contributed by atoms with Crippen molar-refractivity contribution in [2.45, 2.75) is 0 Å². The lowest BCUT2D eigenvalue weighted by Crippen LogP contribution is -2.15. The minimum atomic E-state index is -0.674. The number of nitro groups is 1. The number of hydrogen-bond acceptors (Lipinski definition) is 7. The molecule has 0 radical (unpaired) electrons. The van der Waals surface area contributed by atoms with Crippen molar-refractivity contribution in [2.24, 2.45) is 0 Å². The zero-order valence-electron chi connectivity index (χ0n) is 15.6. The number of nitriles is 1. The van der Waals surface area contributed by atoms with Crippen LogP contribution in [0.25, 0.3) is 0 Å². The summed E-state index contributed by atoms with van der Waals surface area (Å²) in [6.07, 6.45) is 1.29. The second kappa shape index (κ2) is 9.05. The molecule has 1 amide bonds. The van der Waals surface area contributed by atoms with E-state index in [9.17, 15) is 20.2 Å². The maximum absolute atomic E-state index is 12.4. The fraction of sp³-hybridized carbons (Fsp3) is 0.158. The zero-order chi connectivity index (χ0) is 20.7. The Bertz CT molecular complexity index is 946. The maximum Gasteiger partial charge on any atom is 0.273 e. The van der Waals surface area contributed by atoms with E-state index in [0.717, 1.165) is 5.69 Å². The molecule has 2 N–H and O–H groups in total. The molecule has 0 fully saturated rings. The number of amides is 1. The summed E-state index contributed by atoms with van der Waals surface area (Å²) < 4.78 is 5.07. The van der Waals surface area contributed by atoms with Crippen LogP contribution in [0.3, 0.4) is 0 Å². The van der Waals surface area contributed by atoms with Crippen molar-refractivity contribution in [3.63, 3.8) is 0 Å². The van der Waals surface area contributed by atoms with Crippen molar-refractivity contribution in [3.05, 3.63) is 64.4 Å². The van der Waals surface area contributed by atoms with Gasteiger partial charge in [-0.1, -0.05) is 0 Å². The van der Waals surface area contributed by atoms with Crippen LogP contribution in [-0.4, -0.2) is 32.0 Å². The van der Waals surface area contributed by atoms with Crippen molar-refractivity contribution in [3.8, 4) is 11.8 Å². The number of benzene rings is 2. The topological polar surface area (TPSA) is 121 Å². The summed E-state index contributed by atoms with van der Waals surface area (Å²) >= 11 is 0. The van der Waals surface area contributed by atoms with Gasteiger partial charge in [-0.05, 0) is 30.3 Å². The highest BCUT2D eigenvalue weighted by Crippen LogP contribution is 2.29. The van der Waals surface area contributed by atoms with Crippen LogP contribution >= 0.6 is 0 Å². The monoisotopic (exact) mass is 381 g/mol. The highest BCUT2D eigenvalue weighted by molar-refractivity contribution is 6.07. The average Bonchev–Trinajstić information content (AvgIpc) is 2.68. The average molecular weight is 381 g/mol. The lowest BCUT2D eigenvalue weighted by atomic mass is 10.2. The van der Waals surface area contributed by atoms with Gasteiger partial charge < -0.3 is 20.3 Å². The first-order valence-electron chi connectivity index (χ1n) is 8.13. The van der Waals surface area contributed by atoms with E-state index < -0.39 is 10.8 Å². The van der Waals surface area contributed by atoms with Gasteiger partial charge in [-0.2, -0.15) is 5.26 Å². The van der Waals surface area contributed by atoms with Crippen molar-refractivity contribution >= 4 is 28.7 Å². The number of nitro benzene ring substituents is 1. The first kappa shape index (κ1) is 20.3. The van der Waals surface area contributed by atoms with Crippen LogP contribution < -0.4 is 20.3 Å². The maximum atomic E-state index is 12.4. The lowest BCUT2D eigenvalue weighted by Gasteiger charge is -2.12. The van der Waals surface area contributed by atoms with Gasteiger partial charge in [0.2, 0.25) is 0 Å². The molecule has 0 bridgehead atoms. The molecule has 0 saturated heterocycles. The van der Waals surface area contributed by atoms with Gasteiger partial charge in [0.25, 0.3) is 11.6 Å². The Labute approximate surface area is 162 Å². The Kier molecular flexibility index (Phi) is 6.54. The van der Waals surface area contributed by atoms with Crippen LogP contribution in [0.4, 0.5) is 22.7 Å². The Hall–Kier alpha value is -4.06. The van der Waals surface area contributed by atoms with Gasteiger partial charge in [0.1, 0.15) is 17.4 Å². The number of nitrogens with one attached hydrogen (secondary N) is 2. The second-order valence-electron chi connectivity index (χ2n) is 5.85. The molecule has 0 unspecified atom stereocenters. The number of carbonyl (C=O) groups excluding carboxylic acids is 1. The van der Waals surface area contributed by atoms with Gasteiger partial charge >= 0.3 is 0 Å². The highest BCUT2D eigenvalue weighted by atomic mass is 16.6. The van der Waals surface area contributed by atoms with Crippen LogP contribution in [0.2, 0.25) is 0 Å². The highest BCUT2D eigenvalue weighted by Gasteiger charge is 2.15. The Morgan fingerprint density at radius 1 is 1.25 bits per heavy atom. The smallest absolute Gasteiger partial charge is 0.273 e. The van der Waals surface area contributed by atoms with Crippen LogP contribution in [0.5, 0.6) is 5.75 Å². The second-order valence-corrected chi connectivity index (χ2v) is 5.85. The normalized spacial score (nSPS) is 10.6. The molecule has 0 aliphatic rings. The van der Waals surface area contributed by atoms with Gasteiger partial charge in [-0.25, -0.2) is 0 Å². The van der Waals surface area contributed by atoms with E-state index in [2.05, 4.69) is 10.6 Å². The number of carbonyl (C=O) groups is 1. The third-order valence-electron chi connectivity index (χ3n) is 3.78. The van der Waals surface area contributed by atoms with E-state index in [1.54, 1.807) is 0 Å². The van der Waals surface area contributed by atoms with Gasteiger partial charge in [0.15, 0.2) is 0 Å². The van der Waals surface area contributed by atoms with E-state index in [4.69, 9.17) is 4.74 Å². The molecule has 0 heterocycles. The third-order valence-corrected chi connectivity index (χ3v) is 3.78. The van der Waals surface area contributed by atoms with E-state index in [1.165, 1.54) is 31.5 Å². The molecule has 0 aromatic heterocycles. The summed E-state index contributed by atoms with van der Waals surface area (Å²) in [5.41, 5.74) is 1.59. The van der Waals surface area contributed by atoms with Crippen molar-refractivity contribution < 1.29 is 14.5 Å². The summed E-state index contributed by atoms with van der Waals surface area (Å²) in [5.74, 6) is -0.556. The SMILES string of the molecule is COc1cc([N+](=O)[O-])ccc1NC(=O)/C(C#N)=C\Nc1ccc(N(C)C)cc1. The number of methoxy groups -OCH3 is 1. The Balaban J connectivity index is 2.14. The van der Waals surface area contributed by atoms with Crippen molar-refractivity contribution in [1.29, 1.82) is 5.26 Å². The number of rotatable bonds is 7. The minimum Gasteiger partial charge on any atom is -0.494 e. The first-order valence-corrected chi connectivity index (χ1v) is 8.13. The largest absolute Gasteiger partial charge is 0.494 e. The first-order chi connectivity index (χ1) is 13.3. The number of ether oxygens (including phenoxy) is 1. The number of nitrogens with zero attached hydrogens (tertiary/aromatic N) is 3. The van der Waals surface area contributed by atoms with E-state index in [-0.39, 0.29) is 22.7 Å². The van der Waals surface area contributed by atoms with E-state index in [1.807, 2.05) is 49.3 Å². The number of anilines is 3. The van der Waals surface area contributed by atoms with Crippen LogP contribution in [0.1, 0.15) is 0 Å².